The van der Waals surface area contributed by atoms with E-state index in [1.54, 1.807) is 0 Å². The van der Waals surface area contributed by atoms with Crippen LogP contribution < -0.4 is 0 Å². The van der Waals surface area contributed by atoms with Crippen LogP contribution in [-0.4, -0.2) is 11.7 Å². The Labute approximate surface area is 51.7 Å². The molecule has 0 aliphatic heterocycles. The Balaban J connectivity index is 3.29. The van der Waals surface area contributed by atoms with E-state index in [0.29, 0.717) is 0 Å². The van der Waals surface area contributed by atoms with Crippen LogP contribution in [0.25, 0.3) is 0 Å². The lowest BCUT2D eigenvalue weighted by molar-refractivity contribution is 0.214. The monoisotopic (exact) mass is 165 g/mol. The van der Waals surface area contributed by atoms with Crippen LogP contribution >= 0.6 is 15.9 Å². The van der Waals surface area contributed by atoms with Gasteiger partial charge in [-0.25, -0.2) is 0 Å². The highest BCUT2D eigenvalue weighted by Gasteiger charge is 1.82. The van der Waals surface area contributed by atoms with Gasteiger partial charge in [0.2, 0.25) is 0 Å². The normalized spacial score (nSPS) is 11.6. The molecule has 0 radical (unpaired) electrons. The predicted octanol–water partition coefficient (Wildman–Crippen LogP) is 1.75. The molecule has 7 heavy (non-hydrogen) atoms. The van der Waals surface area contributed by atoms with Gasteiger partial charge >= 0.3 is 0 Å². The maximum absolute atomic E-state index is 4.44. The van der Waals surface area contributed by atoms with Crippen molar-refractivity contribution in [2.24, 2.45) is 5.16 Å². The molecule has 0 fully saturated rings. The Morgan fingerprint density at radius 3 is 2.57 bits per heavy atom. The van der Waals surface area contributed by atoms with E-state index < -0.39 is 0 Å². The van der Waals surface area contributed by atoms with Crippen molar-refractivity contribution in [1.82, 2.24) is 0 Å². The summed E-state index contributed by atoms with van der Waals surface area (Å²) in [6.45, 7) is 1.99. The molecule has 0 heterocycles. The Morgan fingerprint density at radius 2 is 2.43 bits per heavy atom. The first kappa shape index (κ1) is 6.95. The largest absolute Gasteiger partial charge is 0.398 e. The molecule has 0 N–H and O–H groups in total. The average molecular weight is 166 g/mol. The van der Waals surface area contributed by atoms with Crippen molar-refractivity contribution in [2.75, 3.05) is 7.11 Å². The van der Waals surface area contributed by atoms with E-state index >= 15 is 0 Å². The summed E-state index contributed by atoms with van der Waals surface area (Å²) in [6, 6.07) is 0. The second-order valence-corrected chi connectivity index (χ2v) is 1.92. The quantitative estimate of drug-likeness (QED) is 0.452. The minimum Gasteiger partial charge on any atom is -0.398 e. The van der Waals surface area contributed by atoms with Gasteiger partial charge in [0.25, 0.3) is 0 Å². The molecule has 0 unspecified atom stereocenters. The summed E-state index contributed by atoms with van der Waals surface area (Å²) in [5, 5.41) is 3.58. The number of halogens is 1. The van der Waals surface area contributed by atoms with E-state index in [-0.39, 0.29) is 0 Å². The molecule has 0 aliphatic carbocycles. The number of hydrogen-bond donors (Lipinski definition) is 0. The Bertz CT molecular complexity index is 72.1. The molecule has 2 nitrogen and oxygen atoms in total. The highest BCUT2D eigenvalue weighted by Crippen LogP contribution is 1.93. The standard InChI is InChI=1S/C4H8BrNO/c1-3-4(5)6-7-2/h3H2,1-2H3/b6-4-. The molecule has 0 rings (SSSR count). The first-order valence-corrected chi connectivity index (χ1v) is 2.86. The second kappa shape index (κ2) is 4.12. The summed E-state index contributed by atoms with van der Waals surface area (Å²) < 4.78 is 0.843. The first-order chi connectivity index (χ1) is 3.31. The molecule has 0 aromatic heterocycles. The maximum atomic E-state index is 4.44. The van der Waals surface area contributed by atoms with E-state index in [2.05, 4.69) is 25.9 Å². The molecule has 0 aromatic carbocycles. The van der Waals surface area contributed by atoms with Gasteiger partial charge in [-0.1, -0.05) is 12.1 Å². The van der Waals surface area contributed by atoms with Gasteiger partial charge in [0.1, 0.15) is 11.7 Å². The summed E-state index contributed by atoms with van der Waals surface area (Å²) in [7, 11) is 1.52. The van der Waals surface area contributed by atoms with Crippen molar-refractivity contribution in [3.05, 3.63) is 0 Å². The summed E-state index contributed by atoms with van der Waals surface area (Å²) in [5.74, 6) is 0. The third-order valence-corrected chi connectivity index (χ3v) is 1.19. The van der Waals surface area contributed by atoms with Gasteiger partial charge in [0.15, 0.2) is 0 Å². The molecule has 0 amide bonds. The molecule has 3 heteroatoms. The molecule has 0 saturated carbocycles. The van der Waals surface area contributed by atoms with Gasteiger partial charge in [-0.2, -0.15) is 0 Å². The van der Waals surface area contributed by atoms with Gasteiger partial charge in [0, 0.05) is 0 Å². The number of nitrogens with zero attached hydrogens (tertiary/aromatic N) is 1. The first-order valence-electron chi connectivity index (χ1n) is 2.06. The van der Waals surface area contributed by atoms with E-state index in [0.717, 1.165) is 11.0 Å². The zero-order valence-corrected chi connectivity index (χ0v) is 6.03. The smallest absolute Gasteiger partial charge is 0.122 e. The third kappa shape index (κ3) is 3.79. The van der Waals surface area contributed by atoms with E-state index in [1.165, 1.54) is 7.11 Å². The zero-order valence-electron chi connectivity index (χ0n) is 4.44. The van der Waals surface area contributed by atoms with Crippen LogP contribution in [0.1, 0.15) is 13.3 Å². The fraction of sp³-hybridized carbons (Fsp3) is 0.750. The lowest BCUT2D eigenvalue weighted by Gasteiger charge is -1.86. The average Bonchev–Trinajstić information content (AvgIpc) is 1.68. The highest BCUT2D eigenvalue weighted by atomic mass is 79.9. The number of hydrogen-bond acceptors (Lipinski definition) is 2. The van der Waals surface area contributed by atoms with Gasteiger partial charge in [-0.15, -0.1) is 0 Å². The lowest BCUT2D eigenvalue weighted by Crippen LogP contribution is -1.81. The fourth-order valence-electron chi connectivity index (χ4n) is 0.164. The molecule has 0 spiro atoms. The van der Waals surface area contributed by atoms with Crippen molar-refractivity contribution < 1.29 is 4.84 Å². The molecule has 0 bridgehead atoms. The van der Waals surface area contributed by atoms with E-state index in [9.17, 15) is 0 Å². The Kier molecular flexibility index (Phi) is 4.09. The van der Waals surface area contributed by atoms with Crippen LogP contribution in [0, 0.1) is 0 Å². The van der Waals surface area contributed by atoms with Gasteiger partial charge < -0.3 is 4.84 Å². The minimum atomic E-state index is 0.843. The van der Waals surface area contributed by atoms with Crippen LogP contribution in [0.5, 0.6) is 0 Å². The zero-order chi connectivity index (χ0) is 5.70. The highest BCUT2D eigenvalue weighted by molar-refractivity contribution is 9.18. The molecule has 0 aliphatic rings. The topological polar surface area (TPSA) is 21.6 Å². The number of oxime groups is 1. The van der Waals surface area contributed by atoms with E-state index in [4.69, 9.17) is 0 Å². The maximum Gasteiger partial charge on any atom is 0.122 e. The third-order valence-electron chi connectivity index (χ3n) is 0.482. The van der Waals surface area contributed by atoms with Gasteiger partial charge in [-0.3, -0.25) is 0 Å². The Hall–Kier alpha value is -0.0500. The predicted molar refractivity (Wildman–Crippen MR) is 33.7 cm³/mol. The lowest BCUT2D eigenvalue weighted by atomic mass is 10.6. The molecular formula is C4H8BrNO. The van der Waals surface area contributed by atoms with E-state index in [1.807, 2.05) is 6.92 Å². The van der Waals surface area contributed by atoms with Crippen LogP contribution in [0.4, 0.5) is 0 Å². The van der Waals surface area contributed by atoms with Crippen LogP contribution in [0.15, 0.2) is 5.16 Å². The second-order valence-electron chi connectivity index (χ2n) is 1.00. The van der Waals surface area contributed by atoms with Crippen LogP contribution in [0.3, 0.4) is 0 Å². The summed E-state index contributed by atoms with van der Waals surface area (Å²) in [5.41, 5.74) is 0. The summed E-state index contributed by atoms with van der Waals surface area (Å²) in [6.07, 6.45) is 0.883. The minimum absolute atomic E-state index is 0.843. The fourth-order valence-corrected chi connectivity index (χ4v) is 0.308. The molecule has 0 atom stereocenters. The van der Waals surface area contributed by atoms with Crippen LogP contribution in [-0.2, 0) is 4.84 Å². The van der Waals surface area contributed by atoms with Crippen molar-refractivity contribution in [3.8, 4) is 0 Å². The van der Waals surface area contributed by atoms with Crippen molar-refractivity contribution in [3.63, 3.8) is 0 Å². The molecule has 0 aromatic rings. The molecule has 0 saturated heterocycles. The molecular weight excluding hydrogens is 158 g/mol. The van der Waals surface area contributed by atoms with Crippen molar-refractivity contribution >= 4 is 20.6 Å². The van der Waals surface area contributed by atoms with Crippen molar-refractivity contribution in [1.29, 1.82) is 0 Å². The van der Waals surface area contributed by atoms with Crippen molar-refractivity contribution in [2.45, 2.75) is 13.3 Å². The summed E-state index contributed by atoms with van der Waals surface area (Å²) >= 11 is 3.16. The van der Waals surface area contributed by atoms with Gasteiger partial charge in [-0.05, 0) is 22.4 Å². The van der Waals surface area contributed by atoms with Gasteiger partial charge in [0.05, 0.1) is 0 Å². The summed E-state index contributed by atoms with van der Waals surface area (Å²) in [4.78, 5) is 4.44. The Morgan fingerprint density at radius 1 is 1.86 bits per heavy atom. The SMILES string of the molecule is CC/C(Br)=N/OC. The van der Waals surface area contributed by atoms with Crippen LogP contribution in [0.2, 0.25) is 0 Å². The number of rotatable bonds is 2. The molecule has 42 valence electrons.